The van der Waals surface area contributed by atoms with Crippen LogP contribution >= 0.6 is 11.3 Å². The van der Waals surface area contributed by atoms with Crippen molar-refractivity contribution in [2.75, 3.05) is 51.2 Å². The standard InChI is InChI=1S/C20H32N8S/c1-16(2)17-15-29-18(26-17)14-25-19(21-3)22-8-5-9-27-10-12-28(13-11-27)20-23-6-4-7-24-20/h4,6-7,15-16H,5,8-14H2,1-3H3,(H2,21,22,25). The first-order chi connectivity index (χ1) is 14.2. The van der Waals surface area contributed by atoms with Gasteiger partial charge in [0.15, 0.2) is 5.96 Å². The summed E-state index contributed by atoms with van der Waals surface area (Å²) in [6, 6.07) is 1.86. The molecule has 0 bridgehead atoms. The summed E-state index contributed by atoms with van der Waals surface area (Å²) in [6.45, 7) is 11.1. The van der Waals surface area contributed by atoms with Crippen LogP contribution < -0.4 is 15.5 Å². The number of piperazine rings is 1. The molecule has 3 rings (SSSR count). The quantitative estimate of drug-likeness (QED) is 0.387. The van der Waals surface area contributed by atoms with Crippen molar-refractivity contribution in [3.63, 3.8) is 0 Å². The van der Waals surface area contributed by atoms with Crippen molar-refractivity contribution in [1.82, 2.24) is 30.5 Å². The lowest BCUT2D eigenvalue weighted by molar-refractivity contribution is 0.254. The van der Waals surface area contributed by atoms with Crippen LogP contribution in [0, 0.1) is 0 Å². The average Bonchev–Trinajstić information content (AvgIpc) is 3.24. The number of nitrogens with zero attached hydrogens (tertiary/aromatic N) is 6. The molecule has 1 aliphatic rings. The maximum atomic E-state index is 4.66. The largest absolute Gasteiger partial charge is 0.356 e. The zero-order chi connectivity index (χ0) is 20.5. The second kappa shape index (κ2) is 11.1. The third kappa shape index (κ3) is 6.64. The average molecular weight is 417 g/mol. The SMILES string of the molecule is CN=C(NCCCN1CCN(c2ncccn2)CC1)NCc1nc(C(C)C)cs1. The Hall–Kier alpha value is -2.26. The summed E-state index contributed by atoms with van der Waals surface area (Å²) in [6.07, 6.45) is 4.69. The fourth-order valence-corrected chi connectivity index (χ4v) is 4.08. The molecule has 0 spiro atoms. The van der Waals surface area contributed by atoms with E-state index in [2.05, 4.69) is 59.6 Å². The number of guanidine groups is 1. The fourth-order valence-electron chi connectivity index (χ4n) is 3.19. The van der Waals surface area contributed by atoms with Crippen LogP contribution in [-0.4, -0.2) is 72.1 Å². The number of anilines is 1. The molecule has 2 aromatic rings. The van der Waals surface area contributed by atoms with Gasteiger partial charge in [0.2, 0.25) is 5.95 Å². The van der Waals surface area contributed by atoms with Gasteiger partial charge in [-0.05, 0) is 24.9 Å². The van der Waals surface area contributed by atoms with E-state index in [1.807, 2.05) is 13.1 Å². The highest BCUT2D eigenvalue weighted by Crippen LogP contribution is 2.17. The van der Waals surface area contributed by atoms with Gasteiger partial charge < -0.3 is 15.5 Å². The lowest BCUT2D eigenvalue weighted by Gasteiger charge is -2.34. The van der Waals surface area contributed by atoms with Gasteiger partial charge in [0.05, 0.1) is 12.2 Å². The topological polar surface area (TPSA) is 81.6 Å². The van der Waals surface area contributed by atoms with E-state index in [0.717, 1.165) is 68.3 Å². The molecule has 1 fully saturated rings. The fraction of sp³-hybridized carbons (Fsp3) is 0.600. The normalized spacial score (nSPS) is 15.7. The minimum Gasteiger partial charge on any atom is -0.356 e. The first-order valence-electron chi connectivity index (χ1n) is 10.3. The monoisotopic (exact) mass is 416 g/mol. The predicted molar refractivity (Wildman–Crippen MR) is 120 cm³/mol. The van der Waals surface area contributed by atoms with Crippen LogP contribution in [0.2, 0.25) is 0 Å². The van der Waals surface area contributed by atoms with Crippen molar-refractivity contribution in [2.45, 2.75) is 32.7 Å². The summed E-state index contributed by atoms with van der Waals surface area (Å²) >= 11 is 1.70. The number of aliphatic imine (C=N–C) groups is 1. The summed E-state index contributed by atoms with van der Waals surface area (Å²) in [5.74, 6) is 2.14. The van der Waals surface area contributed by atoms with Crippen molar-refractivity contribution in [2.24, 2.45) is 4.99 Å². The van der Waals surface area contributed by atoms with Gasteiger partial charge in [-0.3, -0.25) is 9.89 Å². The van der Waals surface area contributed by atoms with Crippen molar-refractivity contribution >= 4 is 23.2 Å². The second-order valence-electron chi connectivity index (χ2n) is 7.40. The number of aromatic nitrogens is 3. The van der Waals surface area contributed by atoms with Crippen molar-refractivity contribution < 1.29 is 0 Å². The predicted octanol–water partition coefficient (Wildman–Crippen LogP) is 1.93. The van der Waals surface area contributed by atoms with E-state index in [-0.39, 0.29) is 0 Å². The Morgan fingerprint density at radius 2 is 1.93 bits per heavy atom. The Labute approximate surface area is 177 Å². The highest BCUT2D eigenvalue weighted by atomic mass is 32.1. The smallest absolute Gasteiger partial charge is 0.225 e. The van der Waals surface area contributed by atoms with Gasteiger partial charge in [-0.1, -0.05) is 13.8 Å². The molecule has 1 aliphatic heterocycles. The molecule has 0 atom stereocenters. The molecular weight excluding hydrogens is 384 g/mol. The third-order valence-electron chi connectivity index (χ3n) is 4.94. The molecule has 29 heavy (non-hydrogen) atoms. The zero-order valence-corrected chi connectivity index (χ0v) is 18.5. The first kappa shape index (κ1) is 21.4. The molecule has 0 unspecified atom stereocenters. The Morgan fingerprint density at radius 3 is 2.59 bits per heavy atom. The number of nitrogens with one attached hydrogen (secondary N) is 2. The first-order valence-corrected chi connectivity index (χ1v) is 11.2. The van der Waals surface area contributed by atoms with E-state index in [1.54, 1.807) is 23.7 Å². The summed E-state index contributed by atoms with van der Waals surface area (Å²) in [5, 5.41) is 9.99. The minimum atomic E-state index is 0.472. The van der Waals surface area contributed by atoms with E-state index in [4.69, 9.17) is 0 Å². The Bertz CT molecular complexity index is 753. The molecule has 0 amide bonds. The highest BCUT2D eigenvalue weighted by Gasteiger charge is 2.18. The molecule has 0 radical (unpaired) electrons. The number of hydrogen-bond donors (Lipinski definition) is 2. The summed E-state index contributed by atoms with van der Waals surface area (Å²) in [5.41, 5.74) is 1.16. The molecule has 0 aliphatic carbocycles. The molecule has 0 aromatic carbocycles. The molecule has 2 N–H and O–H groups in total. The molecular formula is C20H32N8S. The van der Waals surface area contributed by atoms with Crippen molar-refractivity contribution in [1.29, 1.82) is 0 Å². The van der Waals surface area contributed by atoms with Gasteiger partial charge in [0.1, 0.15) is 5.01 Å². The van der Waals surface area contributed by atoms with Gasteiger partial charge >= 0.3 is 0 Å². The minimum absolute atomic E-state index is 0.472. The van der Waals surface area contributed by atoms with Crippen LogP contribution in [0.4, 0.5) is 5.95 Å². The number of thiazole rings is 1. The van der Waals surface area contributed by atoms with Crippen LogP contribution in [0.25, 0.3) is 0 Å². The van der Waals surface area contributed by atoms with E-state index < -0.39 is 0 Å². The van der Waals surface area contributed by atoms with Gasteiger partial charge in [0.25, 0.3) is 0 Å². The number of rotatable bonds is 8. The van der Waals surface area contributed by atoms with Gasteiger partial charge in [-0.2, -0.15) is 0 Å². The summed E-state index contributed by atoms with van der Waals surface area (Å²) in [7, 11) is 1.81. The lowest BCUT2D eigenvalue weighted by atomic mass is 10.2. The van der Waals surface area contributed by atoms with Crippen LogP contribution in [0.15, 0.2) is 28.8 Å². The highest BCUT2D eigenvalue weighted by molar-refractivity contribution is 7.09. The Kier molecular flexibility index (Phi) is 8.18. The Morgan fingerprint density at radius 1 is 1.17 bits per heavy atom. The molecule has 158 valence electrons. The van der Waals surface area contributed by atoms with Gasteiger partial charge in [-0.15, -0.1) is 11.3 Å². The zero-order valence-electron chi connectivity index (χ0n) is 17.6. The van der Waals surface area contributed by atoms with E-state index in [0.29, 0.717) is 12.5 Å². The number of hydrogen-bond acceptors (Lipinski definition) is 7. The molecule has 3 heterocycles. The van der Waals surface area contributed by atoms with Crippen molar-refractivity contribution in [3.05, 3.63) is 34.5 Å². The van der Waals surface area contributed by atoms with Crippen LogP contribution in [0.3, 0.4) is 0 Å². The second-order valence-corrected chi connectivity index (χ2v) is 8.35. The Balaban J connectivity index is 1.30. The van der Waals surface area contributed by atoms with Crippen LogP contribution in [0.1, 0.15) is 36.9 Å². The molecule has 9 heteroatoms. The molecule has 8 nitrogen and oxygen atoms in total. The molecule has 1 saturated heterocycles. The van der Waals surface area contributed by atoms with Gasteiger partial charge in [-0.25, -0.2) is 15.0 Å². The van der Waals surface area contributed by atoms with Crippen LogP contribution in [0.5, 0.6) is 0 Å². The van der Waals surface area contributed by atoms with E-state index in [9.17, 15) is 0 Å². The summed E-state index contributed by atoms with van der Waals surface area (Å²) in [4.78, 5) is 22.4. The summed E-state index contributed by atoms with van der Waals surface area (Å²) < 4.78 is 0. The van der Waals surface area contributed by atoms with Gasteiger partial charge in [0, 0.05) is 57.5 Å². The van der Waals surface area contributed by atoms with E-state index in [1.165, 1.54) is 0 Å². The third-order valence-corrected chi connectivity index (χ3v) is 5.81. The maximum Gasteiger partial charge on any atom is 0.225 e. The molecule has 2 aromatic heterocycles. The van der Waals surface area contributed by atoms with Crippen LogP contribution in [-0.2, 0) is 6.54 Å². The lowest BCUT2D eigenvalue weighted by Crippen LogP contribution is -2.47. The maximum absolute atomic E-state index is 4.66. The van der Waals surface area contributed by atoms with Crippen molar-refractivity contribution in [3.8, 4) is 0 Å². The molecule has 0 saturated carbocycles. The van der Waals surface area contributed by atoms with E-state index >= 15 is 0 Å².